The van der Waals surface area contributed by atoms with Crippen LogP contribution in [0.2, 0.25) is 0 Å². The molecule has 0 fully saturated rings. The van der Waals surface area contributed by atoms with Gasteiger partial charge in [0.05, 0.1) is 23.9 Å². The van der Waals surface area contributed by atoms with E-state index in [-0.39, 0.29) is 0 Å². The van der Waals surface area contributed by atoms with Crippen molar-refractivity contribution in [2.75, 3.05) is 17.6 Å². The molecule has 0 saturated heterocycles. The zero-order valence-electron chi connectivity index (χ0n) is 10.3. The fourth-order valence-electron chi connectivity index (χ4n) is 1.42. The van der Waals surface area contributed by atoms with Crippen molar-refractivity contribution in [1.82, 2.24) is 10.3 Å². The fraction of sp³-hybridized carbons (Fsp3) is 0.231. The van der Waals surface area contributed by atoms with Crippen LogP contribution in [0.3, 0.4) is 0 Å². The average molecular weight is 293 g/mol. The molecule has 0 unspecified atom stereocenters. The van der Waals surface area contributed by atoms with Crippen LogP contribution in [-0.2, 0) is 5.75 Å². The molecule has 2 aromatic rings. The van der Waals surface area contributed by atoms with Gasteiger partial charge in [0.25, 0.3) is 0 Å². The number of rotatable bonds is 6. The third-order valence-corrected chi connectivity index (χ3v) is 3.50. The summed E-state index contributed by atoms with van der Waals surface area (Å²) in [6.45, 7) is 0.817. The SMILES string of the molecule is S=C(NCCSCc1ccco1)Nc1cccnc1. The van der Waals surface area contributed by atoms with Crippen molar-refractivity contribution in [3.63, 3.8) is 0 Å². The van der Waals surface area contributed by atoms with Gasteiger partial charge in [0.1, 0.15) is 5.76 Å². The van der Waals surface area contributed by atoms with Crippen molar-refractivity contribution in [3.05, 3.63) is 48.7 Å². The van der Waals surface area contributed by atoms with E-state index in [1.54, 1.807) is 30.4 Å². The lowest BCUT2D eigenvalue weighted by Crippen LogP contribution is -2.30. The monoisotopic (exact) mass is 293 g/mol. The Morgan fingerprint density at radius 2 is 2.32 bits per heavy atom. The van der Waals surface area contributed by atoms with E-state index < -0.39 is 0 Å². The van der Waals surface area contributed by atoms with Crippen molar-refractivity contribution >= 4 is 34.8 Å². The average Bonchev–Trinajstić information content (AvgIpc) is 2.92. The van der Waals surface area contributed by atoms with Gasteiger partial charge in [-0.1, -0.05) is 0 Å². The number of thiocarbonyl (C=S) groups is 1. The minimum atomic E-state index is 0.617. The van der Waals surface area contributed by atoms with Gasteiger partial charge in [-0.2, -0.15) is 11.8 Å². The molecule has 6 heteroatoms. The Hall–Kier alpha value is -1.53. The van der Waals surface area contributed by atoms with E-state index >= 15 is 0 Å². The molecule has 2 rings (SSSR count). The molecule has 0 bridgehead atoms. The Morgan fingerprint density at radius 3 is 3.05 bits per heavy atom. The van der Waals surface area contributed by atoms with Gasteiger partial charge in [0.15, 0.2) is 5.11 Å². The highest BCUT2D eigenvalue weighted by atomic mass is 32.2. The van der Waals surface area contributed by atoms with Gasteiger partial charge in [-0.05, 0) is 36.5 Å². The molecule has 0 aromatic carbocycles. The van der Waals surface area contributed by atoms with E-state index in [0.717, 1.165) is 29.5 Å². The smallest absolute Gasteiger partial charge is 0.170 e. The second-order valence-corrected chi connectivity index (χ2v) is 5.27. The largest absolute Gasteiger partial charge is 0.468 e. The van der Waals surface area contributed by atoms with Crippen molar-refractivity contribution < 1.29 is 4.42 Å². The van der Waals surface area contributed by atoms with Gasteiger partial charge in [-0.25, -0.2) is 0 Å². The molecule has 2 heterocycles. The maximum atomic E-state index is 5.25. The Labute approximate surface area is 122 Å². The zero-order chi connectivity index (χ0) is 13.3. The lowest BCUT2D eigenvalue weighted by molar-refractivity contribution is 0.530. The van der Waals surface area contributed by atoms with Gasteiger partial charge in [0, 0.05) is 18.5 Å². The van der Waals surface area contributed by atoms with Crippen LogP contribution in [0.25, 0.3) is 0 Å². The predicted molar refractivity (Wildman–Crippen MR) is 83.3 cm³/mol. The minimum Gasteiger partial charge on any atom is -0.468 e. The van der Waals surface area contributed by atoms with Gasteiger partial charge in [-0.3, -0.25) is 4.98 Å². The summed E-state index contributed by atoms with van der Waals surface area (Å²) in [5, 5.41) is 6.85. The second-order valence-electron chi connectivity index (χ2n) is 3.75. The molecule has 0 aliphatic rings. The number of pyridine rings is 1. The van der Waals surface area contributed by atoms with Gasteiger partial charge in [0.2, 0.25) is 0 Å². The van der Waals surface area contributed by atoms with Crippen molar-refractivity contribution in [1.29, 1.82) is 0 Å². The van der Waals surface area contributed by atoms with E-state index in [0.29, 0.717) is 5.11 Å². The molecule has 0 amide bonds. The molecule has 0 saturated carbocycles. The van der Waals surface area contributed by atoms with Crippen LogP contribution in [0.15, 0.2) is 47.3 Å². The molecule has 2 aromatic heterocycles. The summed E-state index contributed by atoms with van der Waals surface area (Å²) < 4.78 is 5.25. The van der Waals surface area contributed by atoms with Crippen molar-refractivity contribution in [2.24, 2.45) is 0 Å². The molecule has 0 spiro atoms. The topological polar surface area (TPSA) is 50.1 Å². The van der Waals surface area contributed by atoms with Crippen LogP contribution in [-0.4, -0.2) is 22.4 Å². The van der Waals surface area contributed by atoms with E-state index in [9.17, 15) is 0 Å². The highest BCUT2D eigenvalue weighted by Crippen LogP contribution is 2.11. The van der Waals surface area contributed by atoms with Crippen LogP contribution in [0.4, 0.5) is 5.69 Å². The number of thioether (sulfide) groups is 1. The lowest BCUT2D eigenvalue weighted by Gasteiger charge is -2.09. The Morgan fingerprint density at radius 1 is 1.37 bits per heavy atom. The number of hydrogen-bond donors (Lipinski definition) is 2. The third kappa shape index (κ3) is 5.32. The summed E-state index contributed by atoms with van der Waals surface area (Å²) in [7, 11) is 0. The van der Waals surface area contributed by atoms with Gasteiger partial charge >= 0.3 is 0 Å². The summed E-state index contributed by atoms with van der Waals surface area (Å²) in [6, 6.07) is 7.67. The summed E-state index contributed by atoms with van der Waals surface area (Å²) in [5.41, 5.74) is 0.892. The molecule has 19 heavy (non-hydrogen) atoms. The molecule has 100 valence electrons. The maximum absolute atomic E-state index is 5.25. The number of aromatic nitrogens is 1. The Balaban J connectivity index is 1.57. The molecular formula is C13H15N3OS2. The minimum absolute atomic E-state index is 0.617. The number of hydrogen-bond acceptors (Lipinski definition) is 4. The number of nitrogens with zero attached hydrogens (tertiary/aromatic N) is 1. The van der Waals surface area contributed by atoms with Crippen LogP contribution < -0.4 is 10.6 Å². The van der Waals surface area contributed by atoms with E-state index in [1.807, 2.05) is 24.3 Å². The summed E-state index contributed by atoms with van der Waals surface area (Å²) in [6.07, 6.45) is 5.16. The van der Waals surface area contributed by atoms with Crippen LogP contribution >= 0.6 is 24.0 Å². The highest BCUT2D eigenvalue weighted by Gasteiger charge is 1.98. The van der Waals surface area contributed by atoms with Crippen molar-refractivity contribution in [3.8, 4) is 0 Å². The molecule has 4 nitrogen and oxygen atoms in total. The summed E-state index contributed by atoms with van der Waals surface area (Å²) >= 11 is 6.99. The normalized spacial score (nSPS) is 10.1. The fourth-order valence-corrected chi connectivity index (χ4v) is 2.39. The van der Waals surface area contributed by atoms with E-state index in [2.05, 4.69) is 15.6 Å². The first kappa shape index (κ1) is 13.9. The lowest BCUT2D eigenvalue weighted by atomic mass is 10.4. The summed E-state index contributed by atoms with van der Waals surface area (Å²) in [5.74, 6) is 2.86. The van der Waals surface area contributed by atoms with E-state index in [4.69, 9.17) is 16.6 Å². The number of nitrogens with one attached hydrogen (secondary N) is 2. The Kier molecular flexibility index (Phi) is 5.71. The second kappa shape index (κ2) is 7.81. The van der Waals surface area contributed by atoms with Crippen LogP contribution in [0.1, 0.15) is 5.76 Å². The third-order valence-electron chi connectivity index (χ3n) is 2.28. The number of furan rings is 1. The Bertz CT molecular complexity index is 488. The van der Waals surface area contributed by atoms with Crippen LogP contribution in [0.5, 0.6) is 0 Å². The molecule has 0 radical (unpaired) electrons. The standard InChI is InChI=1S/C13H15N3OS2/c18-13(16-11-3-1-5-14-9-11)15-6-8-19-10-12-4-2-7-17-12/h1-5,7,9H,6,8,10H2,(H2,15,16,18). The quantitative estimate of drug-likeness (QED) is 0.631. The first-order valence-electron chi connectivity index (χ1n) is 5.89. The highest BCUT2D eigenvalue weighted by molar-refractivity contribution is 7.98. The molecule has 0 aliphatic carbocycles. The molecule has 0 aliphatic heterocycles. The molecular weight excluding hydrogens is 278 g/mol. The number of anilines is 1. The van der Waals surface area contributed by atoms with Gasteiger partial charge in [-0.15, -0.1) is 0 Å². The predicted octanol–water partition coefficient (Wildman–Crippen LogP) is 2.89. The molecule has 2 N–H and O–H groups in total. The maximum Gasteiger partial charge on any atom is 0.170 e. The van der Waals surface area contributed by atoms with E-state index in [1.165, 1.54) is 0 Å². The first-order valence-corrected chi connectivity index (χ1v) is 7.46. The van der Waals surface area contributed by atoms with Gasteiger partial charge < -0.3 is 15.1 Å². The first-order chi connectivity index (χ1) is 9.34. The molecule has 0 atom stereocenters. The zero-order valence-corrected chi connectivity index (χ0v) is 12.0. The van der Waals surface area contributed by atoms with Crippen LogP contribution in [0, 0.1) is 0 Å². The van der Waals surface area contributed by atoms with Crippen molar-refractivity contribution in [2.45, 2.75) is 5.75 Å². The summed E-state index contributed by atoms with van der Waals surface area (Å²) in [4.78, 5) is 4.01.